The first kappa shape index (κ1) is 15.6. The molecule has 0 spiro atoms. The summed E-state index contributed by atoms with van der Waals surface area (Å²) in [6.45, 7) is 4.43. The molecule has 0 bridgehead atoms. The van der Waals surface area contributed by atoms with E-state index in [0.717, 1.165) is 15.8 Å². The highest BCUT2D eigenvalue weighted by molar-refractivity contribution is 9.10. The van der Waals surface area contributed by atoms with Gasteiger partial charge < -0.3 is 9.84 Å². The molecule has 2 aromatic carbocycles. The van der Waals surface area contributed by atoms with Crippen LogP contribution in [-0.2, 0) is 6.61 Å². The van der Waals surface area contributed by atoms with Gasteiger partial charge in [0.05, 0.1) is 5.56 Å². The number of benzene rings is 2. The van der Waals surface area contributed by atoms with E-state index in [4.69, 9.17) is 4.74 Å². The molecule has 0 aliphatic carbocycles. The lowest BCUT2D eigenvalue weighted by Crippen LogP contribution is -2.06. The van der Waals surface area contributed by atoms with Gasteiger partial charge in [-0.1, -0.05) is 48.0 Å². The maximum atomic E-state index is 11.2. The Hall–Kier alpha value is -1.81. The van der Waals surface area contributed by atoms with E-state index in [0.29, 0.717) is 11.5 Å². The molecule has 4 heteroatoms. The van der Waals surface area contributed by atoms with Gasteiger partial charge in [-0.2, -0.15) is 0 Å². The largest absolute Gasteiger partial charge is 0.489 e. The van der Waals surface area contributed by atoms with Crippen molar-refractivity contribution < 1.29 is 14.6 Å². The maximum absolute atomic E-state index is 11.2. The molecule has 110 valence electrons. The van der Waals surface area contributed by atoms with Crippen LogP contribution >= 0.6 is 15.9 Å². The second kappa shape index (κ2) is 6.76. The van der Waals surface area contributed by atoms with E-state index in [1.54, 1.807) is 18.2 Å². The summed E-state index contributed by atoms with van der Waals surface area (Å²) in [4.78, 5) is 11.2. The zero-order valence-corrected chi connectivity index (χ0v) is 13.6. The number of carboxylic acids is 1. The fourth-order valence-electron chi connectivity index (χ4n) is 2.11. The van der Waals surface area contributed by atoms with E-state index in [1.807, 2.05) is 24.3 Å². The van der Waals surface area contributed by atoms with E-state index >= 15 is 0 Å². The van der Waals surface area contributed by atoms with Gasteiger partial charge in [-0.15, -0.1) is 0 Å². The zero-order valence-electron chi connectivity index (χ0n) is 12.0. The Morgan fingerprint density at radius 1 is 1.24 bits per heavy atom. The average Bonchev–Trinajstić information content (AvgIpc) is 2.46. The molecule has 0 unspecified atom stereocenters. The normalized spacial score (nSPS) is 10.7. The predicted molar refractivity (Wildman–Crippen MR) is 86.0 cm³/mol. The van der Waals surface area contributed by atoms with E-state index < -0.39 is 5.97 Å². The molecule has 0 aliphatic heterocycles. The Bertz CT molecular complexity index is 650. The van der Waals surface area contributed by atoms with Crippen molar-refractivity contribution in [2.24, 2.45) is 0 Å². The molecule has 0 saturated heterocycles. The minimum atomic E-state index is -0.936. The molecule has 0 saturated carbocycles. The molecule has 3 nitrogen and oxygen atoms in total. The molecule has 2 aromatic rings. The van der Waals surface area contributed by atoms with Crippen LogP contribution < -0.4 is 4.74 Å². The minimum Gasteiger partial charge on any atom is -0.489 e. The number of carboxylic acid groups (broad SMARTS) is 1. The SMILES string of the molecule is CC(C)c1cc(Br)ccc1OCc1ccccc1C(=O)O. The van der Waals surface area contributed by atoms with Crippen molar-refractivity contribution in [1.29, 1.82) is 0 Å². The van der Waals surface area contributed by atoms with Crippen LogP contribution in [-0.4, -0.2) is 11.1 Å². The fourth-order valence-corrected chi connectivity index (χ4v) is 2.49. The zero-order chi connectivity index (χ0) is 15.4. The van der Waals surface area contributed by atoms with Gasteiger partial charge >= 0.3 is 5.97 Å². The Labute approximate surface area is 132 Å². The predicted octanol–water partition coefficient (Wildman–Crippen LogP) is 4.85. The van der Waals surface area contributed by atoms with Crippen LogP contribution in [0.15, 0.2) is 46.9 Å². The third kappa shape index (κ3) is 3.85. The van der Waals surface area contributed by atoms with Crippen LogP contribution in [0.3, 0.4) is 0 Å². The van der Waals surface area contributed by atoms with E-state index in [-0.39, 0.29) is 12.2 Å². The Balaban J connectivity index is 2.23. The first-order chi connectivity index (χ1) is 9.99. The van der Waals surface area contributed by atoms with Gasteiger partial charge in [-0.05, 0) is 35.7 Å². The summed E-state index contributed by atoms with van der Waals surface area (Å²) in [5.74, 6) is 0.176. The molecule has 21 heavy (non-hydrogen) atoms. The van der Waals surface area contributed by atoms with E-state index in [9.17, 15) is 9.90 Å². The van der Waals surface area contributed by atoms with Gasteiger partial charge in [0.1, 0.15) is 12.4 Å². The number of hydrogen-bond acceptors (Lipinski definition) is 2. The van der Waals surface area contributed by atoms with Crippen molar-refractivity contribution in [2.75, 3.05) is 0 Å². The molecule has 0 atom stereocenters. The molecule has 0 amide bonds. The van der Waals surface area contributed by atoms with E-state index in [1.165, 1.54) is 0 Å². The van der Waals surface area contributed by atoms with Crippen LogP contribution in [0.5, 0.6) is 5.75 Å². The number of hydrogen-bond donors (Lipinski definition) is 1. The number of aromatic carboxylic acids is 1. The molecule has 2 rings (SSSR count). The maximum Gasteiger partial charge on any atom is 0.336 e. The minimum absolute atomic E-state index is 0.240. The van der Waals surface area contributed by atoms with Crippen LogP contribution in [0.2, 0.25) is 0 Å². The van der Waals surface area contributed by atoms with Gasteiger partial charge in [0, 0.05) is 10.0 Å². The molecular weight excluding hydrogens is 332 g/mol. The summed E-state index contributed by atoms with van der Waals surface area (Å²) in [7, 11) is 0. The molecule has 0 aliphatic rings. The number of carbonyl (C=O) groups is 1. The van der Waals surface area contributed by atoms with Gasteiger partial charge in [0.25, 0.3) is 0 Å². The summed E-state index contributed by atoms with van der Waals surface area (Å²) >= 11 is 3.46. The van der Waals surface area contributed by atoms with Crippen molar-refractivity contribution in [2.45, 2.75) is 26.4 Å². The summed E-state index contributed by atoms with van der Waals surface area (Å²) in [6.07, 6.45) is 0. The fraction of sp³-hybridized carbons (Fsp3) is 0.235. The Morgan fingerprint density at radius 2 is 1.95 bits per heavy atom. The highest BCUT2D eigenvalue weighted by atomic mass is 79.9. The smallest absolute Gasteiger partial charge is 0.336 e. The van der Waals surface area contributed by atoms with Crippen LogP contribution in [0.25, 0.3) is 0 Å². The summed E-state index contributed by atoms with van der Waals surface area (Å²) in [5, 5.41) is 9.18. The molecular formula is C17H17BrO3. The molecule has 0 fully saturated rings. The van der Waals surface area contributed by atoms with Crippen LogP contribution in [0, 0.1) is 0 Å². The van der Waals surface area contributed by atoms with Crippen molar-refractivity contribution >= 4 is 21.9 Å². The van der Waals surface area contributed by atoms with Gasteiger partial charge in [-0.25, -0.2) is 4.79 Å². The number of ether oxygens (including phenoxy) is 1. The third-order valence-corrected chi connectivity index (χ3v) is 3.72. The summed E-state index contributed by atoms with van der Waals surface area (Å²) in [5.41, 5.74) is 2.04. The Morgan fingerprint density at radius 3 is 2.62 bits per heavy atom. The van der Waals surface area contributed by atoms with Crippen molar-refractivity contribution in [1.82, 2.24) is 0 Å². The highest BCUT2D eigenvalue weighted by Gasteiger charge is 2.12. The summed E-state index contributed by atoms with van der Waals surface area (Å²) in [6, 6.07) is 12.8. The first-order valence-electron chi connectivity index (χ1n) is 6.72. The van der Waals surface area contributed by atoms with Gasteiger partial charge in [0.2, 0.25) is 0 Å². The highest BCUT2D eigenvalue weighted by Crippen LogP contribution is 2.30. The molecule has 0 aromatic heterocycles. The quantitative estimate of drug-likeness (QED) is 0.839. The number of halogens is 1. The van der Waals surface area contributed by atoms with Crippen molar-refractivity contribution in [3.8, 4) is 5.75 Å². The monoisotopic (exact) mass is 348 g/mol. The van der Waals surface area contributed by atoms with Gasteiger partial charge in [0.15, 0.2) is 0 Å². The van der Waals surface area contributed by atoms with Gasteiger partial charge in [-0.3, -0.25) is 0 Å². The lowest BCUT2D eigenvalue weighted by atomic mass is 10.0. The lowest BCUT2D eigenvalue weighted by molar-refractivity contribution is 0.0694. The molecule has 0 radical (unpaired) electrons. The van der Waals surface area contributed by atoms with Crippen LogP contribution in [0.4, 0.5) is 0 Å². The molecule has 0 heterocycles. The van der Waals surface area contributed by atoms with Crippen molar-refractivity contribution in [3.05, 3.63) is 63.6 Å². The standard InChI is InChI=1S/C17H17BrO3/c1-11(2)15-9-13(18)7-8-16(15)21-10-12-5-3-4-6-14(12)17(19)20/h3-9,11H,10H2,1-2H3,(H,19,20). The Kier molecular flexibility index (Phi) is 5.02. The second-order valence-electron chi connectivity index (χ2n) is 5.09. The topological polar surface area (TPSA) is 46.5 Å². The number of rotatable bonds is 5. The molecule has 1 N–H and O–H groups in total. The van der Waals surface area contributed by atoms with E-state index in [2.05, 4.69) is 29.8 Å². The second-order valence-corrected chi connectivity index (χ2v) is 6.00. The third-order valence-electron chi connectivity index (χ3n) is 3.22. The first-order valence-corrected chi connectivity index (χ1v) is 7.51. The van der Waals surface area contributed by atoms with Crippen molar-refractivity contribution in [3.63, 3.8) is 0 Å². The summed E-state index contributed by atoms with van der Waals surface area (Å²) < 4.78 is 6.85. The average molecular weight is 349 g/mol. The lowest BCUT2D eigenvalue weighted by Gasteiger charge is -2.15. The van der Waals surface area contributed by atoms with Crippen LogP contribution in [0.1, 0.15) is 41.3 Å².